The van der Waals surface area contributed by atoms with Crippen LogP contribution in [0, 0.1) is 0 Å². The highest BCUT2D eigenvalue weighted by molar-refractivity contribution is 5.95. The number of nitrogens with zero attached hydrogens (tertiary/aromatic N) is 1. The Morgan fingerprint density at radius 2 is 1.83 bits per heavy atom. The molecule has 0 aliphatic heterocycles. The first-order valence-corrected chi connectivity index (χ1v) is 8.77. The number of hydrogen-bond donors (Lipinski definition) is 1. The number of hydrogen-bond acceptors (Lipinski definition) is 4. The maximum Gasteiger partial charge on any atom is 0.573 e. The zero-order chi connectivity index (χ0) is 21.0. The van der Waals surface area contributed by atoms with E-state index in [0.717, 1.165) is 6.07 Å². The number of alkyl halides is 3. The molecule has 2 aromatic carbocycles. The molecule has 0 saturated heterocycles. The molecule has 1 heterocycles. The molecule has 150 valence electrons. The van der Waals surface area contributed by atoms with Gasteiger partial charge in [0.25, 0.3) is 5.56 Å². The first-order valence-electron chi connectivity index (χ1n) is 8.77. The molecule has 8 heteroatoms. The lowest BCUT2D eigenvalue weighted by atomic mass is 9.94. The molecule has 29 heavy (non-hydrogen) atoms. The normalized spacial score (nSPS) is 12.4. The minimum Gasteiger partial charge on any atom is -0.406 e. The summed E-state index contributed by atoms with van der Waals surface area (Å²) in [4.78, 5) is 31.4. The second kappa shape index (κ2) is 8.30. The fourth-order valence-corrected chi connectivity index (χ4v) is 2.85. The van der Waals surface area contributed by atoms with Gasteiger partial charge in [0.05, 0.1) is 0 Å². The van der Waals surface area contributed by atoms with Crippen LogP contribution in [0.1, 0.15) is 35.3 Å². The quantitative estimate of drug-likeness (QED) is 0.606. The molecule has 0 aliphatic carbocycles. The van der Waals surface area contributed by atoms with Crippen molar-refractivity contribution < 1.29 is 22.7 Å². The van der Waals surface area contributed by atoms with E-state index < -0.39 is 17.8 Å². The number of carbonyl (C=O) groups excluding carboxylic acids is 1. The number of rotatable bonds is 6. The van der Waals surface area contributed by atoms with E-state index in [1.807, 2.05) is 6.07 Å². The molecule has 0 aliphatic rings. The summed E-state index contributed by atoms with van der Waals surface area (Å²) in [7, 11) is 0. The molecule has 3 aromatic rings. The summed E-state index contributed by atoms with van der Waals surface area (Å²) >= 11 is 0. The summed E-state index contributed by atoms with van der Waals surface area (Å²) in [6, 6.07) is 15.5. The predicted molar refractivity (Wildman–Crippen MR) is 101 cm³/mol. The molecule has 0 amide bonds. The molecule has 1 aromatic heterocycles. The van der Waals surface area contributed by atoms with Crippen LogP contribution >= 0.6 is 0 Å². The Kier molecular flexibility index (Phi) is 5.81. The fourth-order valence-electron chi connectivity index (χ4n) is 2.85. The summed E-state index contributed by atoms with van der Waals surface area (Å²) in [5, 5.41) is 0. The van der Waals surface area contributed by atoms with Crippen LogP contribution in [0.15, 0.2) is 65.5 Å². The van der Waals surface area contributed by atoms with Crippen molar-refractivity contribution in [2.45, 2.75) is 25.6 Å². The van der Waals surface area contributed by atoms with Crippen LogP contribution in [-0.2, 0) is 0 Å². The van der Waals surface area contributed by atoms with Gasteiger partial charge in [-0.15, -0.1) is 13.2 Å². The average molecular weight is 402 g/mol. The third-order valence-electron chi connectivity index (χ3n) is 4.23. The van der Waals surface area contributed by atoms with Gasteiger partial charge < -0.3 is 9.72 Å². The van der Waals surface area contributed by atoms with Gasteiger partial charge in [0, 0.05) is 18.1 Å². The number of carbonyl (C=O) groups is 1. The Labute approximate surface area is 164 Å². The summed E-state index contributed by atoms with van der Waals surface area (Å²) < 4.78 is 41.1. The summed E-state index contributed by atoms with van der Waals surface area (Å²) in [6.07, 6.45) is -4.82. The largest absolute Gasteiger partial charge is 0.573 e. The average Bonchev–Trinajstić information content (AvgIpc) is 2.67. The Hall–Kier alpha value is -3.42. The van der Waals surface area contributed by atoms with Crippen molar-refractivity contribution in [2.24, 2.45) is 0 Å². The van der Waals surface area contributed by atoms with Crippen LogP contribution in [0.3, 0.4) is 0 Å². The molecule has 1 N–H and O–H groups in total. The van der Waals surface area contributed by atoms with Gasteiger partial charge >= 0.3 is 6.36 Å². The van der Waals surface area contributed by atoms with Gasteiger partial charge in [-0.1, -0.05) is 49.4 Å². The van der Waals surface area contributed by atoms with E-state index >= 15 is 0 Å². The van der Waals surface area contributed by atoms with E-state index in [1.165, 1.54) is 18.2 Å². The van der Waals surface area contributed by atoms with Gasteiger partial charge in [-0.3, -0.25) is 9.59 Å². The molecule has 0 saturated carbocycles. The molecule has 3 rings (SSSR count). The molecule has 0 radical (unpaired) electrons. The van der Waals surface area contributed by atoms with Crippen LogP contribution in [0.2, 0.25) is 0 Å². The second-order valence-electron chi connectivity index (χ2n) is 6.49. The zero-order valence-electron chi connectivity index (χ0n) is 15.4. The first kappa shape index (κ1) is 20.3. The number of aromatic amines is 1. The van der Waals surface area contributed by atoms with Gasteiger partial charge in [-0.2, -0.15) is 0 Å². The highest BCUT2D eigenvalue weighted by Gasteiger charge is 2.31. The van der Waals surface area contributed by atoms with Gasteiger partial charge in [0.15, 0.2) is 5.78 Å². The number of ether oxygens (including phenoxy) is 1. The SMILES string of the molecule is CC(CC(=O)c1cc(=O)[nH]c(-c2ccccc2)n1)c1cccc(OC(F)(F)F)c1. The number of benzene rings is 2. The lowest BCUT2D eigenvalue weighted by Gasteiger charge is -2.14. The van der Waals surface area contributed by atoms with Gasteiger partial charge in [0.1, 0.15) is 17.3 Å². The number of halogens is 3. The number of ketones is 1. The highest BCUT2D eigenvalue weighted by Crippen LogP contribution is 2.28. The number of aromatic nitrogens is 2. The zero-order valence-corrected chi connectivity index (χ0v) is 15.4. The van der Waals surface area contributed by atoms with Crippen LogP contribution in [-0.4, -0.2) is 22.1 Å². The summed E-state index contributed by atoms with van der Waals surface area (Å²) in [6.45, 7) is 1.70. The summed E-state index contributed by atoms with van der Waals surface area (Å²) in [5.41, 5.74) is 0.704. The molecule has 0 bridgehead atoms. The third kappa shape index (κ3) is 5.54. The number of H-pyrrole nitrogens is 1. The predicted octanol–water partition coefficient (Wildman–Crippen LogP) is 4.71. The molecule has 0 spiro atoms. The van der Waals surface area contributed by atoms with Crippen LogP contribution in [0.4, 0.5) is 13.2 Å². The van der Waals surface area contributed by atoms with Crippen molar-refractivity contribution in [1.29, 1.82) is 0 Å². The monoisotopic (exact) mass is 402 g/mol. The van der Waals surface area contributed by atoms with E-state index in [0.29, 0.717) is 11.1 Å². The Bertz CT molecular complexity index is 1060. The van der Waals surface area contributed by atoms with E-state index in [4.69, 9.17) is 0 Å². The molecule has 0 fully saturated rings. The van der Waals surface area contributed by atoms with Crippen molar-refractivity contribution in [1.82, 2.24) is 9.97 Å². The van der Waals surface area contributed by atoms with Crippen molar-refractivity contribution in [3.63, 3.8) is 0 Å². The van der Waals surface area contributed by atoms with Gasteiger partial charge in [-0.05, 0) is 23.6 Å². The molecule has 1 atom stereocenters. The number of Topliss-reactive ketones (excluding diaryl/α,β-unsaturated/α-hetero) is 1. The van der Waals surface area contributed by atoms with E-state index in [2.05, 4.69) is 14.7 Å². The Morgan fingerprint density at radius 3 is 2.52 bits per heavy atom. The van der Waals surface area contributed by atoms with Gasteiger partial charge in [-0.25, -0.2) is 4.98 Å². The first-order chi connectivity index (χ1) is 13.7. The topological polar surface area (TPSA) is 72.0 Å². The molecule has 1 unspecified atom stereocenters. The summed E-state index contributed by atoms with van der Waals surface area (Å²) in [5.74, 6) is -0.868. The Balaban J connectivity index is 1.79. The maximum absolute atomic E-state index is 12.7. The molecule has 5 nitrogen and oxygen atoms in total. The number of nitrogens with one attached hydrogen (secondary N) is 1. The lowest BCUT2D eigenvalue weighted by Crippen LogP contribution is -2.17. The molecular weight excluding hydrogens is 385 g/mol. The smallest absolute Gasteiger partial charge is 0.406 e. The Morgan fingerprint density at radius 1 is 1.10 bits per heavy atom. The van der Waals surface area contributed by atoms with E-state index in [1.54, 1.807) is 37.3 Å². The molecular formula is C21H17F3N2O3. The minimum absolute atomic E-state index is 0.00199. The van der Waals surface area contributed by atoms with Crippen LogP contribution in [0.25, 0.3) is 11.4 Å². The van der Waals surface area contributed by atoms with Crippen molar-refractivity contribution in [3.8, 4) is 17.1 Å². The lowest BCUT2D eigenvalue weighted by molar-refractivity contribution is -0.274. The van der Waals surface area contributed by atoms with Crippen molar-refractivity contribution in [3.05, 3.63) is 82.3 Å². The highest BCUT2D eigenvalue weighted by atomic mass is 19.4. The van der Waals surface area contributed by atoms with Crippen molar-refractivity contribution in [2.75, 3.05) is 0 Å². The van der Waals surface area contributed by atoms with Crippen LogP contribution in [0.5, 0.6) is 5.75 Å². The van der Waals surface area contributed by atoms with E-state index in [-0.39, 0.29) is 29.5 Å². The third-order valence-corrected chi connectivity index (χ3v) is 4.23. The minimum atomic E-state index is -4.79. The van der Waals surface area contributed by atoms with Crippen LogP contribution < -0.4 is 10.3 Å². The van der Waals surface area contributed by atoms with Gasteiger partial charge in [0.2, 0.25) is 0 Å². The fraction of sp³-hybridized carbons (Fsp3) is 0.190. The van der Waals surface area contributed by atoms with E-state index in [9.17, 15) is 22.8 Å². The van der Waals surface area contributed by atoms with Crippen molar-refractivity contribution >= 4 is 5.78 Å². The maximum atomic E-state index is 12.7. The standard InChI is InChI=1S/C21H17F3N2O3/c1-13(15-8-5-9-16(11-15)29-21(22,23)24)10-18(27)17-12-19(28)26-20(25-17)14-6-3-2-4-7-14/h2-9,11-13H,10H2,1H3,(H,25,26,28). The second-order valence-corrected chi connectivity index (χ2v) is 6.49.